The van der Waals surface area contributed by atoms with Gasteiger partial charge < -0.3 is 38.8 Å². The predicted octanol–water partition coefficient (Wildman–Crippen LogP) is 5.26. The average molecular weight is 653 g/mol. The average Bonchev–Trinajstić information content (AvgIpc) is 2.94. The molecule has 0 bridgehead atoms. The van der Waals surface area contributed by atoms with E-state index in [0.717, 1.165) is 24.2 Å². The highest BCUT2D eigenvalue weighted by Gasteiger charge is 2.17. The van der Waals surface area contributed by atoms with Gasteiger partial charge in [0.2, 0.25) is 0 Å². The zero-order valence-corrected chi connectivity index (χ0v) is 27.1. The van der Waals surface area contributed by atoms with Crippen molar-refractivity contribution in [2.24, 2.45) is 7.05 Å². The quantitative estimate of drug-likeness (QED) is 0.114. The number of aromatic nitrogens is 1. The number of aryl methyl sites for hydroxylation is 1. The van der Waals surface area contributed by atoms with E-state index in [1.54, 1.807) is 7.11 Å². The van der Waals surface area contributed by atoms with E-state index < -0.39 is 0 Å². The molecule has 2 aromatic rings. The molecule has 220 valence electrons. The summed E-state index contributed by atoms with van der Waals surface area (Å²) in [5, 5.41) is 3.14. The first-order chi connectivity index (χ1) is 18.6. The van der Waals surface area contributed by atoms with Gasteiger partial charge in [-0.15, -0.1) is 0 Å². The fourth-order valence-corrected chi connectivity index (χ4v) is 4.81. The molecule has 0 spiro atoms. The van der Waals surface area contributed by atoms with Gasteiger partial charge in [-0.1, -0.05) is 103 Å². The summed E-state index contributed by atoms with van der Waals surface area (Å²) in [5.74, 6) is 1.41. The number of amides is 1. The number of halogens is 1. The zero-order chi connectivity index (χ0) is 27.4. The van der Waals surface area contributed by atoms with Gasteiger partial charge in [0.1, 0.15) is 7.05 Å². The molecule has 5 nitrogen and oxygen atoms in total. The second-order valence-electron chi connectivity index (χ2n) is 10.5. The fraction of sp³-hybridized carbons (Fsp3) is 0.636. The molecule has 0 aliphatic rings. The molecule has 1 atom stereocenters. The topological polar surface area (TPSA) is 51.4 Å². The van der Waals surface area contributed by atoms with Crippen LogP contribution in [0, 0.1) is 0 Å². The second kappa shape index (κ2) is 21.9. The Kier molecular flexibility index (Phi) is 19.8. The molecule has 0 aliphatic carbocycles. The first-order valence-electron chi connectivity index (χ1n) is 15.2. The second-order valence-corrected chi connectivity index (χ2v) is 10.5. The molecule has 1 heterocycles. The Morgan fingerprint density at radius 2 is 1.33 bits per heavy atom. The first-order valence-corrected chi connectivity index (χ1v) is 15.2. The van der Waals surface area contributed by atoms with Crippen LogP contribution in [0.4, 0.5) is 0 Å². The van der Waals surface area contributed by atoms with Crippen molar-refractivity contribution in [3.8, 4) is 11.5 Å². The third kappa shape index (κ3) is 14.4. The summed E-state index contributed by atoms with van der Waals surface area (Å²) in [4.78, 5) is 12.7. The SMILES string of the molecule is CCCCCCCCCCCCCCCCOc1ccc(C(CC)NC(=O)c2cc[n+](C)cc2)cc1OC.[I-]. The summed E-state index contributed by atoms with van der Waals surface area (Å²) in [5.41, 5.74) is 1.67. The Morgan fingerprint density at radius 3 is 1.85 bits per heavy atom. The number of unbranched alkanes of at least 4 members (excludes halogenated alkanes) is 13. The summed E-state index contributed by atoms with van der Waals surface area (Å²) >= 11 is 0. The summed E-state index contributed by atoms with van der Waals surface area (Å²) in [6.07, 6.45) is 23.4. The molecule has 2 rings (SSSR count). The van der Waals surface area contributed by atoms with E-state index in [1.165, 1.54) is 83.5 Å². The van der Waals surface area contributed by atoms with Crippen LogP contribution in [-0.4, -0.2) is 19.6 Å². The summed E-state index contributed by atoms with van der Waals surface area (Å²) in [6, 6.07) is 9.55. The van der Waals surface area contributed by atoms with Gasteiger partial charge in [0, 0.05) is 12.1 Å². The van der Waals surface area contributed by atoms with Gasteiger partial charge in [0.15, 0.2) is 23.9 Å². The lowest BCUT2D eigenvalue weighted by Crippen LogP contribution is -3.00. The van der Waals surface area contributed by atoms with Crippen LogP contribution in [0.3, 0.4) is 0 Å². The normalized spacial score (nSPS) is 11.5. The van der Waals surface area contributed by atoms with E-state index in [4.69, 9.17) is 9.47 Å². The van der Waals surface area contributed by atoms with Crippen LogP contribution in [0.15, 0.2) is 42.7 Å². The van der Waals surface area contributed by atoms with Crippen molar-refractivity contribution in [1.82, 2.24) is 5.32 Å². The molecule has 1 aromatic heterocycles. The number of benzene rings is 1. The molecule has 1 aromatic carbocycles. The van der Waals surface area contributed by atoms with Crippen LogP contribution >= 0.6 is 0 Å². The van der Waals surface area contributed by atoms with Gasteiger partial charge in [-0.3, -0.25) is 4.79 Å². The highest BCUT2D eigenvalue weighted by molar-refractivity contribution is 5.94. The lowest BCUT2D eigenvalue weighted by molar-refractivity contribution is -0.671. The van der Waals surface area contributed by atoms with Crippen LogP contribution in [-0.2, 0) is 7.05 Å². The standard InChI is InChI=1S/C33H52N2O3.HI/c1-5-7-8-9-10-11-12-13-14-15-16-17-18-19-26-38-31-21-20-29(27-32(31)37-4)30(6-2)34-33(36)28-22-24-35(3)25-23-28;/h20-25,27,30H,5-19,26H2,1-4H3;1H. The lowest BCUT2D eigenvalue weighted by atomic mass is 10.0. The lowest BCUT2D eigenvalue weighted by Gasteiger charge is -2.19. The first kappa shape index (κ1) is 35.2. The number of nitrogens with one attached hydrogen (secondary N) is 1. The monoisotopic (exact) mass is 652 g/mol. The highest BCUT2D eigenvalue weighted by Crippen LogP contribution is 2.31. The minimum absolute atomic E-state index is 0. The minimum Gasteiger partial charge on any atom is -1.00 e. The van der Waals surface area contributed by atoms with Crippen molar-refractivity contribution in [1.29, 1.82) is 0 Å². The van der Waals surface area contributed by atoms with E-state index >= 15 is 0 Å². The molecule has 1 unspecified atom stereocenters. The molecular weight excluding hydrogens is 599 g/mol. The van der Waals surface area contributed by atoms with Crippen LogP contribution in [0.25, 0.3) is 0 Å². The maximum Gasteiger partial charge on any atom is 0.252 e. The third-order valence-electron chi connectivity index (χ3n) is 7.30. The number of hydrogen-bond donors (Lipinski definition) is 1. The Labute approximate surface area is 255 Å². The molecule has 39 heavy (non-hydrogen) atoms. The van der Waals surface area contributed by atoms with E-state index in [0.29, 0.717) is 17.9 Å². The van der Waals surface area contributed by atoms with Gasteiger partial charge >= 0.3 is 0 Å². The van der Waals surface area contributed by atoms with Crippen molar-refractivity contribution >= 4 is 5.91 Å². The molecule has 0 fully saturated rings. The smallest absolute Gasteiger partial charge is 0.252 e. The van der Waals surface area contributed by atoms with Crippen molar-refractivity contribution in [3.05, 3.63) is 53.9 Å². The molecule has 1 amide bonds. The predicted molar refractivity (Wildman–Crippen MR) is 157 cm³/mol. The van der Waals surface area contributed by atoms with Crippen LogP contribution in [0.1, 0.15) is 132 Å². The van der Waals surface area contributed by atoms with E-state index in [-0.39, 0.29) is 35.9 Å². The number of pyridine rings is 1. The highest BCUT2D eigenvalue weighted by atomic mass is 127. The maximum absolute atomic E-state index is 12.7. The van der Waals surface area contributed by atoms with Crippen molar-refractivity contribution in [2.75, 3.05) is 13.7 Å². The zero-order valence-electron chi connectivity index (χ0n) is 25.0. The summed E-state index contributed by atoms with van der Waals surface area (Å²) in [6.45, 7) is 5.05. The van der Waals surface area contributed by atoms with Crippen molar-refractivity contribution in [3.63, 3.8) is 0 Å². The van der Waals surface area contributed by atoms with E-state index in [1.807, 2.05) is 54.3 Å². The number of rotatable bonds is 21. The van der Waals surface area contributed by atoms with E-state index in [2.05, 4.69) is 19.2 Å². The summed E-state index contributed by atoms with van der Waals surface area (Å²) in [7, 11) is 3.60. The molecule has 6 heteroatoms. The van der Waals surface area contributed by atoms with Crippen LogP contribution < -0.4 is 43.3 Å². The van der Waals surface area contributed by atoms with Crippen LogP contribution in [0.2, 0.25) is 0 Å². The Morgan fingerprint density at radius 1 is 0.795 bits per heavy atom. The largest absolute Gasteiger partial charge is 1.00 e. The molecule has 0 radical (unpaired) electrons. The number of hydrogen-bond acceptors (Lipinski definition) is 3. The molecule has 0 aliphatic heterocycles. The summed E-state index contributed by atoms with van der Waals surface area (Å²) < 4.78 is 13.6. The minimum atomic E-state index is -0.0924. The van der Waals surface area contributed by atoms with Gasteiger partial charge in [0.05, 0.1) is 25.3 Å². The molecule has 0 saturated carbocycles. The third-order valence-corrected chi connectivity index (χ3v) is 7.30. The Hall–Kier alpha value is -1.83. The number of carbonyl (C=O) groups excluding carboxylic acids is 1. The number of methoxy groups -OCH3 is 1. The van der Waals surface area contributed by atoms with Gasteiger partial charge in [0.25, 0.3) is 5.91 Å². The Bertz CT molecular complexity index is 904. The number of nitrogens with zero attached hydrogens (tertiary/aromatic N) is 1. The molecular formula is C33H53IN2O3. The van der Waals surface area contributed by atoms with E-state index in [9.17, 15) is 4.79 Å². The Balaban J connectivity index is 0.00000760. The van der Waals surface area contributed by atoms with Crippen molar-refractivity contribution in [2.45, 2.75) is 116 Å². The fourth-order valence-electron chi connectivity index (χ4n) is 4.81. The van der Waals surface area contributed by atoms with Gasteiger partial charge in [-0.05, 0) is 30.5 Å². The number of carbonyl (C=O) groups is 1. The van der Waals surface area contributed by atoms with Gasteiger partial charge in [-0.25, -0.2) is 4.57 Å². The molecule has 0 saturated heterocycles. The van der Waals surface area contributed by atoms with Crippen LogP contribution in [0.5, 0.6) is 11.5 Å². The van der Waals surface area contributed by atoms with Gasteiger partial charge in [-0.2, -0.15) is 0 Å². The van der Waals surface area contributed by atoms with Crippen molar-refractivity contribution < 1.29 is 42.8 Å². The number of ether oxygens (including phenoxy) is 2. The maximum atomic E-state index is 12.7. The molecule has 1 N–H and O–H groups in total.